The molecular formula is C16H23N3O. The molecule has 0 aliphatic rings. The molecule has 0 amide bonds. The largest absolute Gasteiger partial charge is 0.439 e. The van der Waals surface area contributed by atoms with Gasteiger partial charge in [0.15, 0.2) is 0 Å². The lowest BCUT2D eigenvalue weighted by atomic mass is 9.99. The highest BCUT2D eigenvalue weighted by molar-refractivity contribution is 5.37. The second-order valence-corrected chi connectivity index (χ2v) is 5.18. The van der Waals surface area contributed by atoms with E-state index in [9.17, 15) is 0 Å². The van der Waals surface area contributed by atoms with Gasteiger partial charge in [0.25, 0.3) is 0 Å². The number of aromatic nitrogens is 2. The molecule has 4 heteroatoms. The molecule has 0 saturated carbocycles. The van der Waals surface area contributed by atoms with E-state index in [1.165, 1.54) is 5.56 Å². The van der Waals surface area contributed by atoms with Crippen LogP contribution in [0.1, 0.15) is 43.0 Å². The molecule has 20 heavy (non-hydrogen) atoms. The number of aryl methyl sites for hydroxylation is 2. The van der Waals surface area contributed by atoms with E-state index in [-0.39, 0.29) is 0 Å². The van der Waals surface area contributed by atoms with Crippen LogP contribution in [0.5, 0.6) is 11.6 Å². The zero-order chi connectivity index (χ0) is 14.7. The monoisotopic (exact) mass is 273 g/mol. The number of benzene rings is 1. The maximum absolute atomic E-state index is 5.94. The van der Waals surface area contributed by atoms with Crippen molar-refractivity contribution in [1.29, 1.82) is 0 Å². The first-order valence-electron chi connectivity index (χ1n) is 7.07. The molecule has 1 aromatic heterocycles. The van der Waals surface area contributed by atoms with Crippen LogP contribution >= 0.6 is 0 Å². The summed E-state index contributed by atoms with van der Waals surface area (Å²) in [5.74, 6) is 2.11. The van der Waals surface area contributed by atoms with Gasteiger partial charge in [-0.1, -0.05) is 26.0 Å². The van der Waals surface area contributed by atoms with Gasteiger partial charge >= 0.3 is 0 Å². The summed E-state index contributed by atoms with van der Waals surface area (Å²) in [6, 6.07) is 8.25. The van der Waals surface area contributed by atoms with Crippen molar-refractivity contribution >= 4 is 0 Å². The predicted octanol–water partition coefficient (Wildman–Crippen LogP) is 3.49. The minimum absolute atomic E-state index is 0.431. The number of hydrogen-bond donors (Lipinski definition) is 1. The lowest BCUT2D eigenvalue weighted by Crippen LogP contribution is -2.01. The Hall–Kier alpha value is -1.81. The first kappa shape index (κ1) is 14.6. The van der Waals surface area contributed by atoms with Gasteiger partial charge in [-0.3, -0.25) is 0 Å². The van der Waals surface area contributed by atoms with Crippen molar-refractivity contribution in [2.24, 2.45) is 12.8 Å². The minimum atomic E-state index is 0.431. The molecule has 2 rings (SSSR count). The fraction of sp³-hybridized carbons (Fsp3) is 0.438. The quantitative estimate of drug-likeness (QED) is 0.907. The van der Waals surface area contributed by atoms with E-state index in [0.29, 0.717) is 12.5 Å². The Labute approximate surface area is 120 Å². The van der Waals surface area contributed by atoms with Gasteiger partial charge in [-0.25, -0.2) is 4.68 Å². The third kappa shape index (κ3) is 2.85. The first-order chi connectivity index (χ1) is 9.56. The van der Waals surface area contributed by atoms with Crippen molar-refractivity contribution in [2.45, 2.75) is 39.7 Å². The smallest absolute Gasteiger partial charge is 0.222 e. The Morgan fingerprint density at radius 3 is 2.50 bits per heavy atom. The van der Waals surface area contributed by atoms with Crippen LogP contribution in [0.25, 0.3) is 0 Å². The predicted molar refractivity (Wildman–Crippen MR) is 81.1 cm³/mol. The van der Waals surface area contributed by atoms with E-state index >= 15 is 0 Å². The summed E-state index contributed by atoms with van der Waals surface area (Å²) in [4.78, 5) is 0. The SMILES string of the molecule is CCC(C)c1ccc(Oc2c(CN)c(C)nn2C)cc1. The fourth-order valence-corrected chi connectivity index (χ4v) is 2.26. The standard InChI is InChI=1S/C16H23N3O/c1-5-11(2)13-6-8-14(9-7-13)20-16-15(10-17)12(3)18-19(16)4/h6-9,11H,5,10,17H2,1-4H3. The molecule has 1 unspecified atom stereocenters. The molecule has 0 saturated heterocycles. The third-order valence-corrected chi connectivity index (χ3v) is 3.77. The Morgan fingerprint density at radius 2 is 1.95 bits per heavy atom. The molecule has 0 aliphatic carbocycles. The molecule has 2 N–H and O–H groups in total. The summed E-state index contributed by atoms with van der Waals surface area (Å²) in [5, 5.41) is 4.35. The van der Waals surface area contributed by atoms with Crippen molar-refractivity contribution in [3.05, 3.63) is 41.1 Å². The molecule has 2 aromatic rings. The molecule has 1 heterocycles. The number of nitrogens with zero attached hydrogens (tertiary/aromatic N) is 2. The number of hydrogen-bond acceptors (Lipinski definition) is 3. The van der Waals surface area contributed by atoms with Gasteiger partial charge in [0.2, 0.25) is 5.88 Å². The van der Waals surface area contributed by atoms with Gasteiger partial charge in [-0.2, -0.15) is 5.10 Å². The molecule has 0 fully saturated rings. The van der Waals surface area contributed by atoms with Crippen LogP contribution in [0.3, 0.4) is 0 Å². The number of ether oxygens (including phenoxy) is 1. The van der Waals surface area contributed by atoms with Crippen LogP contribution in [0.4, 0.5) is 0 Å². The molecule has 0 aliphatic heterocycles. The average molecular weight is 273 g/mol. The summed E-state index contributed by atoms with van der Waals surface area (Å²) >= 11 is 0. The van der Waals surface area contributed by atoms with Crippen LogP contribution in [-0.4, -0.2) is 9.78 Å². The highest BCUT2D eigenvalue weighted by Crippen LogP contribution is 2.28. The fourth-order valence-electron chi connectivity index (χ4n) is 2.26. The third-order valence-electron chi connectivity index (χ3n) is 3.77. The molecule has 4 nitrogen and oxygen atoms in total. The van der Waals surface area contributed by atoms with Gasteiger partial charge in [0.1, 0.15) is 5.75 Å². The van der Waals surface area contributed by atoms with E-state index in [0.717, 1.165) is 29.3 Å². The molecular weight excluding hydrogens is 250 g/mol. The molecule has 0 spiro atoms. The molecule has 1 atom stereocenters. The summed E-state index contributed by atoms with van der Waals surface area (Å²) in [5.41, 5.74) is 8.98. The number of nitrogens with two attached hydrogens (primary N) is 1. The zero-order valence-electron chi connectivity index (χ0n) is 12.7. The van der Waals surface area contributed by atoms with E-state index in [1.54, 1.807) is 4.68 Å². The number of rotatable bonds is 5. The lowest BCUT2D eigenvalue weighted by Gasteiger charge is -2.11. The van der Waals surface area contributed by atoms with Gasteiger partial charge < -0.3 is 10.5 Å². The topological polar surface area (TPSA) is 53.1 Å². The minimum Gasteiger partial charge on any atom is -0.439 e. The molecule has 0 bridgehead atoms. The zero-order valence-corrected chi connectivity index (χ0v) is 12.7. The molecule has 0 radical (unpaired) electrons. The van der Waals surface area contributed by atoms with E-state index in [4.69, 9.17) is 10.5 Å². The summed E-state index contributed by atoms with van der Waals surface area (Å²) in [6.07, 6.45) is 1.14. The van der Waals surface area contributed by atoms with Crippen LogP contribution in [0.2, 0.25) is 0 Å². The van der Waals surface area contributed by atoms with Crippen molar-refractivity contribution < 1.29 is 4.74 Å². The van der Waals surface area contributed by atoms with Crippen LogP contribution in [-0.2, 0) is 13.6 Å². The average Bonchev–Trinajstić information content (AvgIpc) is 2.72. The van der Waals surface area contributed by atoms with Gasteiger partial charge in [-0.15, -0.1) is 0 Å². The summed E-state index contributed by atoms with van der Waals surface area (Å²) < 4.78 is 7.68. The van der Waals surface area contributed by atoms with Gasteiger partial charge in [-0.05, 0) is 37.0 Å². The van der Waals surface area contributed by atoms with E-state index < -0.39 is 0 Å². The van der Waals surface area contributed by atoms with Crippen molar-refractivity contribution in [3.63, 3.8) is 0 Å². The second kappa shape index (κ2) is 6.09. The summed E-state index contributed by atoms with van der Waals surface area (Å²) in [6.45, 7) is 6.80. The summed E-state index contributed by atoms with van der Waals surface area (Å²) in [7, 11) is 1.87. The Balaban J connectivity index is 2.22. The van der Waals surface area contributed by atoms with Crippen molar-refractivity contribution in [3.8, 4) is 11.6 Å². The highest BCUT2D eigenvalue weighted by Gasteiger charge is 2.14. The van der Waals surface area contributed by atoms with Gasteiger partial charge in [0.05, 0.1) is 11.3 Å². The highest BCUT2D eigenvalue weighted by atomic mass is 16.5. The van der Waals surface area contributed by atoms with Crippen LogP contribution in [0.15, 0.2) is 24.3 Å². The lowest BCUT2D eigenvalue weighted by molar-refractivity contribution is 0.425. The van der Waals surface area contributed by atoms with Crippen molar-refractivity contribution in [2.75, 3.05) is 0 Å². The maximum Gasteiger partial charge on any atom is 0.222 e. The normalized spacial score (nSPS) is 12.4. The van der Waals surface area contributed by atoms with Crippen molar-refractivity contribution in [1.82, 2.24) is 9.78 Å². The van der Waals surface area contributed by atoms with Crippen LogP contribution < -0.4 is 10.5 Å². The Morgan fingerprint density at radius 1 is 1.30 bits per heavy atom. The maximum atomic E-state index is 5.94. The van der Waals surface area contributed by atoms with E-state index in [2.05, 4.69) is 31.1 Å². The Bertz CT molecular complexity index is 572. The first-order valence-corrected chi connectivity index (χ1v) is 7.07. The van der Waals surface area contributed by atoms with Crippen LogP contribution in [0, 0.1) is 6.92 Å². The molecule has 108 valence electrons. The van der Waals surface area contributed by atoms with E-state index in [1.807, 2.05) is 26.1 Å². The molecule has 1 aromatic carbocycles. The van der Waals surface area contributed by atoms with Gasteiger partial charge in [0, 0.05) is 13.6 Å². The Kier molecular flexibility index (Phi) is 4.45. The second-order valence-electron chi connectivity index (χ2n) is 5.18.